The number of primary amides is 1. The van der Waals surface area contributed by atoms with E-state index in [1.165, 1.54) is 0 Å². The molecule has 0 saturated carbocycles. The predicted octanol–water partition coefficient (Wildman–Crippen LogP) is -0.685. The van der Waals surface area contributed by atoms with Gasteiger partial charge >= 0.3 is 0 Å². The Balaban J connectivity index is 2.55. The van der Waals surface area contributed by atoms with Crippen LogP contribution in [0.25, 0.3) is 0 Å². The lowest BCUT2D eigenvalue weighted by Crippen LogP contribution is -2.52. The summed E-state index contributed by atoms with van der Waals surface area (Å²) in [5.41, 5.74) is 5.09. The van der Waals surface area contributed by atoms with E-state index in [2.05, 4.69) is 0 Å². The summed E-state index contributed by atoms with van der Waals surface area (Å²) >= 11 is 0. The van der Waals surface area contributed by atoms with Crippen LogP contribution in [0, 0.1) is 0 Å². The molecular weight excluding hydrogens is 188 g/mol. The summed E-state index contributed by atoms with van der Waals surface area (Å²) in [6.45, 7) is 5.58. The number of amides is 1. The van der Waals surface area contributed by atoms with Crippen LogP contribution >= 0.6 is 0 Å². The lowest BCUT2D eigenvalue weighted by molar-refractivity contribution is -0.119. The summed E-state index contributed by atoms with van der Waals surface area (Å²) in [6.07, 6.45) is 0. The molecule has 4 nitrogen and oxygen atoms in total. The first-order valence-electron chi connectivity index (χ1n) is 4.31. The molecule has 2 N–H and O–H groups in total. The molecule has 0 spiro atoms. The van der Waals surface area contributed by atoms with Crippen molar-refractivity contribution >= 4 is 16.7 Å². The van der Waals surface area contributed by atoms with Crippen LogP contribution in [0.5, 0.6) is 0 Å². The molecule has 0 radical (unpaired) electrons. The van der Waals surface area contributed by atoms with E-state index in [1.807, 2.05) is 18.7 Å². The van der Waals surface area contributed by atoms with Crippen LogP contribution in [-0.2, 0) is 15.6 Å². The molecule has 5 heteroatoms. The lowest BCUT2D eigenvalue weighted by atomic mass is 10.2. The van der Waals surface area contributed by atoms with Crippen LogP contribution in [0.2, 0.25) is 0 Å². The van der Waals surface area contributed by atoms with E-state index in [0.717, 1.165) is 0 Å². The Morgan fingerprint density at radius 2 is 2.23 bits per heavy atom. The highest BCUT2D eigenvalue weighted by molar-refractivity contribution is 7.86. The number of carbonyl (C=O) groups is 1. The molecular formula is C8H16N2O2S. The highest BCUT2D eigenvalue weighted by atomic mass is 32.2. The minimum absolute atomic E-state index is 0.215. The Morgan fingerprint density at radius 1 is 1.62 bits per heavy atom. The van der Waals surface area contributed by atoms with Crippen molar-refractivity contribution in [1.82, 2.24) is 4.90 Å². The van der Waals surface area contributed by atoms with Crippen LogP contribution < -0.4 is 5.73 Å². The fourth-order valence-electron chi connectivity index (χ4n) is 1.53. The van der Waals surface area contributed by atoms with Gasteiger partial charge in [-0.25, -0.2) is 0 Å². The third-order valence-corrected chi connectivity index (χ3v) is 4.11. The first kappa shape index (κ1) is 10.7. The second-order valence-electron chi connectivity index (χ2n) is 3.99. The standard InChI is InChI=1S/C8H16N2O2S/c1-8(2)6-10(5-7(9)11)3-4-13(8)12/h3-6H2,1-2H3,(H2,9,11). The zero-order valence-corrected chi connectivity index (χ0v) is 8.89. The summed E-state index contributed by atoms with van der Waals surface area (Å²) < 4.78 is 11.3. The van der Waals surface area contributed by atoms with Crippen molar-refractivity contribution in [3.8, 4) is 0 Å². The van der Waals surface area contributed by atoms with Gasteiger partial charge in [0.2, 0.25) is 5.91 Å². The number of nitrogens with zero attached hydrogens (tertiary/aromatic N) is 1. The smallest absolute Gasteiger partial charge is 0.231 e. The Hall–Kier alpha value is -0.420. The van der Waals surface area contributed by atoms with Crippen molar-refractivity contribution in [3.05, 3.63) is 0 Å². The van der Waals surface area contributed by atoms with Crippen LogP contribution in [0.3, 0.4) is 0 Å². The summed E-state index contributed by atoms with van der Waals surface area (Å²) in [4.78, 5) is 12.6. The van der Waals surface area contributed by atoms with Gasteiger partial charge in [0.15, 0.2) is 0 Å². The highest BCUT2D eigenvalue weighted by Crippen LogP contribution is 2.19. The summed E-state index contributed by atoms with van der Waals surface area (Å²) in [5, 5.41) is 0. The molecule has 76 valence electrons. The van der Waals surface area contributed by atoms with Crippen LogP contribution in [0.15, 0.2) is 0 Å². The van der Waals surface area contributed by atoms with Gasteiger partial charge in [-0.05, 0) is 13.8 Å². The molecule has 0 aromatic carbocycles. The van der Waals surface area contributed by atoms with Gasteiger partial charge in [0.05, 0.1) is 11.3 Å². The molecule has 0 aromatic heterocycles. The number of rotatable bonds is 2. The maximum Gasteiger partial charge on any atom is 0.231 e. The normalized spacial score (nSPS) is 28.6. The van der Waals surface area contributed by atoms with Crippen molar-refractivity contribution < 1.29 is 9.00 Å². The monoisotopic (exact) mass is 204 g/mol. The summed E-state index contributed by atoms with van der Waals surface area (Å²) in [6, 6.07) is 0. The molecule has 1 atom stereocenters. The molecule has 1 unspecified atom stereocenters. The zero-order valence-electron chi connectivity index (χ0n) is 8.08. The van der Waals surface area contributed by atoms with E-state index in [4.69, 9.17) is 5.73 Å². The van der Waals surface area contributed by atoms with Crippen molar-refractivity contribution in [2.24, 2.45) is 5.73 Å². The van der Waals surface area contributed by atoms with Gasteiger partial charge in [-0.3, -0.25) is 13.9 Å². The number of carbonyl (C=O) groups excluding carboxylic acids is 1. The molecule has 1 aliphatic rings. The third-order valence-electron chi connectivity index (χ3n) is 2.19. The average Bonchev–Trinajstić information content (AvgIpc) is 1.95. The van der Waals surface area contributed by atoms with Crippen molar-refractivity contribution in [3.63, 3.8) is 0 Å². The first-order valence-corrected chi connectivity index (χ1v) is 5.63. The molecule has 1 heterocycles. The molecule has 13 heavy (non-hydrogen) atoms. The van der Waals surface area contributed by atoms with Gasteiger partial charge < -0.3 is 5.73 Å². The van der Waals surface area contributed by atoms with Crippen molar-refractivity contribution in [1.29, 1.82) is 0 Å². The van der Waals surface area contributed by atoms with Crippen LogP contribution in [0.1, 0.15) is 13.8 Å². The fourth-order valence-corrected chi connectivity index (χ4v) is 2.84. The maximum atomic E-state index is 11.5. The van der Waals surface area contributed by atoms with Crippen molar-refractivity contribution in [2.75, 3.05) is 25.4 Å². The topological polar surface area (TPSA) is 63.4 Å². The molecule has 1 rings (SSSR count). The van der Waals surface area contributed by atoms with Gasteiger partial charge in [0.25, 0.3) is 0 Å². The summed E-state index contributed by atoms with van der Waals surface area (Å²) in [5.74, 6) is 0.323. The second kappa shape index (κ2) is 3.75. The predicted molar refractivity (Wildman–Crippen MR) is 52.7 cm³/mol. The van der Waals surface area contributed by atoms with Gasteiger partial charge in [-0.1, -0.05) is 0 Å². The molecule has 0 bridgehead atoms. The average molecular weight is 204 g/mol. The zero-order chi connectivity index (χ0) is 10.1. The van der Waals surface area contributed by atoms with E-state index in [1.54, 1.807) is 0 Å². The molecule has 1 amide bonds. The highest BCUT2D eigenvalue weighted by Gasteiger charge is 2.33. The second-order valence-corrected chi connectivity index (χ2v) is 6.19. The van der Waals surface area contributed by atoms with Crippen molar-refractivity contribution in [2.45, 2.75) is 18.6 Å². The van der Waals surface area contributed by atoms with Crippen LogP contribution in [0.4, 0.5) is 0 Å². The molecule has 0 aromatic rings. The van der Waals surface area contributed by atoms with Gasteiger partial charge in [-0.15, -0.1) is 0 Å². The van der Waals surface area contributed by atoms with Gasteiger partial charge in [0, 0.05) is 29.6 Å². The minimum atomic E-state index is -0.780. The quantitative estimate of drug-likeness (QED) is 0.648. The minimum Gasteiger partial charge on any atom is -0.369 e. The summed E-state index contributed by atoms with van der Waals surface area (Å²) in [7, 11) is -0.780. The molecule has 1 aliphatic heterocycles. The SMILES string of the molecule is CC1(C)CN(CC(N)=O)CCS1=O. The molecule has 1 fully saturated rings. The van der Waals surface area contributed by atoms with E-state index >= 15 is 0 Å². The Kier molecular flexibility index (Phi) is 3.08. The van der Waals surface area contributed by atoms with E-state index in [-0.39, 0.29) is 17.2 Å². The van der Waals surface area contributed by atoms with E-state index in [0.29, 0.717) is 18.8 Å². The first-order chi connectivity index (χ1) is 5.92. The largest absolute Gasteiger partial charge is 0.369 e. The van der Waals surface area contributed by atoms with Crippen LogP contribution in [-0.4, -0.2) is 45.2 Å². The van der Waals surface area contributed by atoms with E-state index in [9.17, 15) is 9.00 Å². The Bertz CT molecular complexity index is 240. The number of nitrogens with two attached hydrogens (primary N) is 1. The van der Waals surface area contributed by atoms with Gasteiger partial charge in [0.1, 0.15) is 0 Å². The Labute approximate surface area is 80.9 Å². The van der Waals surface area contributed by atoms with Gasteiger partial charge in [-0.2, -0.15) is 0 Å². The molecule has 1 saturated heterocycles. The molecule has 0 aliphatic carbocycles. The lowest BCUT2D eigenvalue weighted by Gasteiger charge is -2.36. The Morgan fingerprint density at radius 3 is 2.69 bits per heavy atom. The van der Waals surface area contributed by atoms with E-state index < -0.39 is 10.8 Å². The third kappa shape index (κ3) is 2.77. The fraction of sp³-hybridized carbons (Fsp3) is 0.875. The number of hydrogen-bond acceptors (Lipinski definition) is 3. The number of hydrogen-bond donors (Lipinski definition) is 1. The maximum absolute atomic E-state index is 11.5.